The van der Waals surface area contributed by atoms with Crippen molar-refractivity contribution >= 4 is 27.2 Å². The van der Waals surface area contributed by atoms with E-state index in [1.54, 1.807) is 0 Å². The molecular weight excluding hydrogens is 168 g/mol. The Bertz CT molecular complexity index is 20.5. The van der Waals surface area contributed by atoms with Gasteiger partial charge in [-0.05, 0) is 0 Å². The molecule has 0 heterocycles. The van der Waals surface area contributed by atoms with Gasteiger partial charge in [0.1, 0.15) is 0 Å². The van der Waals surface area contributed by atoms with Crippen molar-refractivity contribution in [2.45, 2.75) is 0 Å². The molecule has 9 heavy (non-hydrogen) atoms. The standard InChI is InChI=1S/4CHO.Fe/c4*1-2;/h4*1H;/q4*-1;+4. The van der Waals surface area contributed by atoms with E-state index in [2.05, 4.69) is 27.2 Å². The first-order valence-corrected chi connectivity index (χ1v) is 0.943. The zero-order chi connectivity index (χ0) is 8.00. The van der Waals surface area contributed by atoms with Gasteiger partial charge >= 0.3 is 17.1 Å². The maximum absolute atomic E-state index is 7.75. The van der Waals surface area contributed by atoms with Gasteiger partial charge in [-0.3, -0.25) is 27.2 Å². The average molecular weight is 172 g/mol. The molecule has 52 valence electrons. The summed E-state index contributed by atoms with van der Waals surface area (Å²) < 4.78 is 0. The Morgan fingerprint density at radius 2 is 0.444 bits per heavy atom. The Labute approximate surface area is 64.1 Å². The Morgan fingerprint density at radius 1 is 0.444 bits per heavy atom. The first kappa shape index (κ1) is 41.5. The maximum Gasteiger partial charge on any atom is 4.00 e. The first-order valence-electron chi connectivity index (χ1n) is 0.943. The minimum absolute atomic E-state index is 0. The van der Waals surface area contributed by atoms with Gasteiger partial charge in [0.2, 0.25) is 0 Å². The zero-order valence-corrected chi connectivity index (χ0v) is 5.40. The smallest absolute Gasteiger partial charge is 0.545 e. The maximum atomic E-state index is 7.75. The van der Waals surface area contributed by atoms with Crippen molar-refractivity contribution in [3.05, 3.63) is 0 Å². The molecule has 0 saturated carbocycles. The summed E-state index contributed by atoms with van der Waals surface area (Å²) in [5.74, 6) is 0. The van der Waals surface area contributed by atoms with Crippen molar-refractivity contribution in [1.29, 1.82) is 0 Å². The Morgan fingerprint density at radius 3 is 0.444 bits per heavy atom. The normalized spacial score (nSPS) is 1.78. The number of hydrogen-bond donors (Lipinski definition) is 0. The minimum atomic E-state index is 0. The van der Waals surface area contributed by atoms with E-state index in [4.69, 9.17) is 19.2 Å². The van der Waals surface area contributed by atoms with E-state index >= 15 is 0 Å². The Balaban J connectivity index is -0.00000000762. The van der Waals surface area contributed by atoms with Crippen LogP contribution in [0.1, 0.15) is 0 Å². The van der Waals surface area contributed by atoms with Gasteiger partial charge in [0.25, 0.3) is 0 Å². The van der Waals surface area contributed by atoms with Crippen molar-refractivity contribution in [3.63, 3.8) is 0 Å². The molecule has 0 spiro atoms. The van der Waals surface area contributed by atoms with Crippen LogP contribution in [0, 0.1) is 0 Å². The van der Waals surface area contributed by atoms with E-state index in [0.717, 1.165) is 0 Å². The van der Waals surface area contributed by atoms with Crippen LogP contribution in [0.3, 0.4) is 0 Å². The van der Waals surface area contributed by atoms with Gasteiger partial charge in [-0.2, -0.15) is 0 Å². The molecule has 0 N–H and O–H groups in total. The predicted molar refractivity (Wildman–Crippen MR) is 27.0 cm³/mol. The van der Waals surface area contributed by atoms with Crippen LogP contribution in [0.15, 0.2) is 0 Å². The second kappa shape index (κ2) is 432. The molecule has 0 radical (unpaired) electrons. The fourth-order valence-electron chi connectivity index (χ4n) is 0. The van der Waals surface area contributed by atoms with Gasteiger partial charge in [-0.25, -0.2) is 0 Å². The molecule has 0 atom stereocenters. The van der Waals surface area contributed by atoms with Crippen molar-refractivity contribution in [2.24, 2.45) is 0 Å². The van der Waals surface area contributed by atoms with Gasteiger partial charge in [0, 0.05) is 0 Å². The van der Waals surface area contributed by atoms with Crippen LogP contribution in [-0.4, -0.2) is 27.2 Å². The zero-order valence-electron chi connectivity index (χ0n) is 4.30. The van der Waals surface area contributed by atoms with Gasteiger partial charge in [-0.15, -0.1) is 0 Å². The van der Waals surface area contributed by atoms with Crippen LogP contribution in [0.5, 0.6) is 0 Å². The van der Waals surface area contributed by atoms with Gasteiger partial charge < -0.3 is 19.2 Å². The summed E-state index contributed by atoms with van der Waals surface area (Å²) in [7, 11) is 0. The largest absolute Gasteiger partial charge is 4.00 e. The molecule has 0 aromatic heterocycles. The van der Waals surface area contributed by atoms with Gasteiger partial charge in [0.05, 0.1) is 0 Å². The fourth-order valence-corrected chi connectivity index (χ4v) is 0. The van der Waals surface area contributed by atoms with Crippen LogP contribution in [0.25, 0.3) is 0 Å². The third kappa shape index (κ3) is 304. The molecule has 4 nitrogen and oxygen atoms in total. The SMILES string of the molecule is [CH-]=O.[CH-]=O.[CH-]=O.[CH-]=O.[Fe+4]. The first-order chi connectivity index (χ1) is 4.00. The summed E-state index contributed by atoms with van der Waals surface area (Å²) in [6.07, 6.45) is 0. The molecule has 0 fully saturated rings. The third-order valence-electron chi connectivity index (χ3n) is 0. The summed E-state index contributed by atoms with van der Waals surface area (Å²) in [5.41, 5.74) is 0. The van der Waals surface area contributed by atoms with Gasteiger partial charge in [-0.1, -0.05) is 0 Å². The summed E-state index contributed by atoms with van der Waals surface area (Å²) in [4.78, 5) is 31.0. The second-order valence-corrected chi connectivity index (χ2v) is 0. The summed E-state index contributed by atoms with van der Waals surface area (Å²) in [6, 6.07) is 0. The molecular formula is C4H4FeO4. The molecule has 0 amide bonds. The number of carbonyl (C=O) groups excluding carboxylic acids is 4. The Kier molecular flexibility index (Phi) is 1990. The van der Waals surface area contributed by atoms with Crippen LogP contribution < -0.4 is 0 Å². The molecule has 0 aromatic carbocycles. The minimum Gasteiger partial charge on any atom is -0.545 e. The third-order valence-corrected chi connectivity index (χ3v) is 0. The quantitative estimate of drug-likeness (QED) is 0.264. The number of rotatable bonds is 0. The molecule has 0 aliphatic rings. The topological polar surface area (TPSA) is 68.3 Å². The molecule has 0 bridgehead atoms. The van der Waals surface area contributed by atoms with Crippen LogP contribution in [0.2, 0.25) is 0 Å². The summed E-state index contributed by atoms with van der Waals surface area (Å²) >= 11 is 0. The van der Waals surface area contributed by atoms with Crippen LogP contribution >= 0.6 is 0 Å². The van der Waals surface area contributed by atoms with E-state index < -0.39 is 0 Å². The fraction of sp³-hybridized carbons (Fsp3) is 0. The van der Waals surface area contributed by atoms with Crippen LogP contribution in [0.4, 0.5) is 0 Å². The molecule has 0 rings (SSSR count). The van der Waals surface area contributed by atoms with Crippen molar-refractivity contribution in [2.75, 3.05) is 0 Å². The molecule has 5 heteroatoms. The molecule has 0 saturated heterocycles. The number of hydrogen-bond acceptors (Lipinski definition) is 4. The molecule has 0 aliphatic heterocycles. The van der Waals surface area contributed by atoms with Crippen molar-refractivity contribution < 1.29 is 36.2 Å². The van der Waals surface area contributed by atoms with E-state index in [0.29, 0.717) is 0 Å². The van der Waals surface area contributed by atoms with E-state index in [9.17, 15) is 0 Å². The Hall–Kier alpha value is -0.801. The van der Waals surface area contributed by atoms with E-state index in [1.165, 1.54) is 0 Å². The van der Waals surface area contributed by atoms with Crippen LogP contribution in [-0.2, 0) is 36.2 Å². The van der Waals surface area contributed by atoms with E-state index in [-0.39, 0.29) is 17.1 Å². The summed E-state index contributed by atoms with van der Waals surface area (Å²) in [5, 5.41) is 0. The molecule has 0 unspecified atom stereocenters. The molecule has 0 aliphatic carbocycles. The van der Waals surface area contributed by atoms with Gasteiger partial charge in [0.15, 0.2) is 0 Å². The predicted octanol–water partition coefficient (Wildman–Crippen LogP) is -1.10. The van der Waals surface area contributed by atoms with Crippen molar-refractivity contribution in [3.8, 4) is 0 Å². The average Bonchev–Trinajstić information content (AvgIpc) is 2.03. The molecule has 0 aromatic rings. The monoisotopic (exact) mass is 172 g/mol. The second-order valence-electron chi connectivity index (χ2n) is 0. The van der Waals surface area contributed by atoms with E-state index in [1.807, 2.05) is 0 Å². The van der Waals surface area contributed by atoms with Crippen molar-refractivity contribution in [1.82, 2.24) is 0 Å². The summed E-state index contributed by atoms with van der Waals surface area (Å²) in [6.45, 7) is 13.0.